The molecule has 1 unspecified atom stereocenters. The molecule has 3 nitrogen and oxygen atoms in total. The van der Waals surface area contributed by atoms with Crippen LogP contribution >= 0.6 is 0 Å². The van der Waals surface area contributed by atoms with E-state index in [4.69, 9.17) is 5.73 Å². The second kappa shape index (κ2) is 6.67. The zero-order valence-electron chi connectivity index (χ0n) is 16.6. The zero-order valence-corrected chi connectivity index (χ0v) is 16.6. The molecule has 0 spiro atoms. The van der Waals surface area contributed by atoms with Crippen LogP contribution in [-0.2, 0) is 5.41 Å². The molecule has 1 amide bonds. The summed E-state index contributed by atoms with van der Waals surface area (Å²) in [5.41, 5.74) is 9.25. The first-order chi connectivity index (χ1) is 12.4. The molecule has 3 fully saturated rings. The third-order valence-electron chi connectivity index (χ3n) is 7.91. The molecule has 3 aliphatic rings. The van der Waals surface area contributed by atoms with Crippen LogP contribution in [0.15, 0.2) is 18.2 Å². The van der Waals surface area contributed by atoms with E-state index in [1.54, 1.807) is 0 Å². The quantitative estimate of drug-likeness (QED) is 0.870. The van der Waals surface area contributed by atoms with Gasteiger partial charge in [0, 0.05) is 23.1 Å². The van der Waals surface area contributed by atoms with Crippen molar-refractivity contribution in [3.63, 3.8) is 0 Å². The van der Waals surface area contributed by atoms with Crippen LogP contribution in [-0.4, -0.2) is 29.4 Å². The summed E-state index contributed by atoms with van der Waals surface area (Å²) in [6.45, 7) is 8.32. The van der Waals surface area contributed by atoms with E-state index in [1.807, 2.05) is 6.07 Å². The van der Waals surface area contributed by atoms with Crippen LogP contribution in [0.2, 0.25) is 0 Å². The molecular formula is C23H34N2O. The number of rotatable bonds is 4. The second-order valence-electron chi connectivity index (χ2n) is 9.21. The number of hydrogen-bond acceptors (Lipinski definition) is 2. The van der Waals surface area contributed by atoms with Crippen molar-refractivity contribution in [3.8, 4) is 0 Å². The first kappa shape index (κ1) is 18.0. The highest BCUT2D eigenvalue weighted by Crippen LogP contribution is 2.53. The van der Waals surface area contributed by atoms with Crippen LogP contribution in [0.25, 0.3) is 0 Å². The number of nitrogens with two attached hydrogens (primary N) is 1. The molecule has 0 bridgehead atoms. The van der Waals surface area contributed by atoms with E-state index in [0.29, 0.717) is 17.5 Å². The lowest BCUT2D eigenvalue weighted by Crippen LogP contribution is -2.59. The minimum absolute atomic E-state index is 0.229. The number of amides is 1. The number of primary amides is 1. The van der Waals surface area contributed by atoms with Gasteiger partial charge in [0.25, 0.3) is 0 Å². The molecule has 142 valence electrons. The predicted octanol–water partition coefficient (Wildman–Crippen LogP) is 4.41. The molecule has 3 heteroatoms. The summed E-state index contributed by atoms with van der Waals surface area (Å²) in [6.07, 6.45) is 9.28. The zero-order chi connectivity index (χ0) is 18.5. The Balaban J connectivity index is 1.71. The molecular weight excluding hydrogens is 320 g/mol. The third kappa shape index (κ3) is 2.89. The molecule has 1 saturated heterocycles. The number of aryl methyl sites for hydroxylation is 1. The standard InChI is InChI=1S/C23H34N2O/c1-15-7-8-19(22(24)26)14-21(15)23-11-5-4-6-20(23)17(3)25(13-12-23)16(2)18-9-10-18/h7-8,14,16-18,20H,4-6,9-13H2,1-3H3,(H2,24,26)/t16-,17+,20?,23+/m0/s1. The monoisotopic (exact) mass is 354 g/mol. The smallest absolute Gasteiger partial charge is 0.248 e. The minimum Gasteiger partial charge on any atom is -0.366 e. The maximum absolute atomic E-state index is 11.8. The summed E-state index contributed by atoms with van der Waals surface area (Å²) in [7, 11) is 0. The predicted molar refractivity (Wildman–Crippen MR) is 106 cm³/mol. The normalized spacial score (nSPS) is 33.5. The molecule has 2 N–H and O–H groups in total. The summed E-state index contributed by atoms with van der Waals surface area (Å²) in [6, 6.07) is 7.48. The van der Waals surface area contributed by atoms with E-state index < -0.39 is 0 Å². The average Bonchev–Trinajstić information content (AvgIpc) is 3.47. The van der Waals surface area contributed by atoms with Crippen LogP contribution in [0, 0.1) is 18.8 Å². The van der Waals surface area contributed by atoms with Crippen molar-refractivity contribution in [2.45, 2.75) is 83.2 Å². The molecule has 4 atom stereocenters. The summed E-state index contributed by atoms with van der Waals surface area (Å²) in [5.74, 6) is 1.31. The summed E-state index contributed by atoms with van der Waals surface area (Å²) in [4.78, 5) is 14.6. The molecule has 2 aliphatic carbocycles. The van der Waals surface area contributed by atoms with Crippen LogP contribution in [0.5, 0.6) is 0 Å². The van der Waals surface area contributed by atoms with Gasteiger partial charge in [0.05, 0.1) is 0 Å². The van der Waals surface area contributed by atoms with Crippen molar-refractivity contribution in [2.75, 3.05) is 6.54 Å². The number of fused-ring (bicyclic) bond motifs is 1. The molecule has 1 heterocycles. The van der Waals surface area contributed by atoms with Gasteiger partial charge >= 0.3 is 0 Å². The average molecular weight is 355 g/mol. The first-order valence-corrected chi connectivity index (χ1v) is 10.6. The van der Waals surface area contributed by atoms with E-state index in [1.165, 1.54) is 62.6 Å². The van der Waals surface area contributed by atoms with Gasteiger partial charge in [-0.15, -0.1) is 0 Å². The van der Waals surface area contributed by atoms with Gasteiger partial charge in [-0.1, -0.05) is 18.9 Å². The number of hydrogen-bond donors (Lipinski definition) is 1. The van der Waals surface area contributed by atoms with E-state index in [0.717, 1.165) is 12.0 Å². The molecule has 26 heavy (non-hydrogen) atoms. The Kier molecular flexibility index (Phi) is 4.63. The number of carbonyl (C=O) groups excluding carboxylic acids is 1. The van der Waals surface area contributed by atoms with Crippen LogP contribution < -0.4 is 5.73 Å². The molecule has 1 aromatic rings. The fourth-order valence-corrected chi connectivity index (χ4v) is 6.25. The lowest BCUT2D eigenvalue weighted by atomic mass is 9.56. The van der Waals surface area contributed by atoms with E-state index in [9.17, 15) is 4.79 Å². The van der Waals surface area contributed by atoms with Gasteiger partial charge in [-0.2, -0.15) is 0 Å². The number of benzene rings is 1. The lowest BCUT2D eigenvalue weighted by molar-refractivity contribution is -0.0169. The highest BCUT2D eigenvalue weighted by molar-refractivity contribution is 5.93. The van der Waals surface area contributed by atoms with Crippen molar-refractivity contribution in [3.05, 3.63) is 34.9 Å². The molecule has 4 rings (SSSR count). The molecule has 1 aromatic carbocycles. The second-order valence-corrected chi connectivity index (χ2v) is 9.21. The van der Waals surface area contributed by atoms with E-state index in [-0.39, 0.29) is 11.3 Å². The molecule has 2 saturated carbocycles. The van der Waals surface area contributed by atoms with Crippen molar-refractivity contribution < 1.29 is 4.79 Å². The van der Waals surface area contributed by atoms with Gasteiger partial charge in [0.15, 0.2) is 0 Å². The minimum atomic E-state index is -0.303. The SMILES string of the molecule is Cc1ccc(C(N)=O)cc1[C@@]12CCCCC1[C@@H](C)N([C@@H](C)C1CC1)CC2. The van der Waals surface area contributed by atoms with Gasteiger partial charge in [0.1, 0.15) is 0 Å². The first-order valence-electron chi connectivity index (χ1n) is 10.6. The molecule has 1 aliphatic heterocycles. The van der Waals surface area contributed by atoms with Crippen LogP contribution in [0.3, 0.4) is 0 Å². The number of carbonyl (C=O) groups is 1. The summed E-state index contributed by atoms with van der Waals surface area (Å²) >= 11 is 0. The number of piperidine rings is 1. The largest absolute Gasteiger partial charge is 0.366 e. The summed E-state index contributed by atoms with van der Waals surface area (Å²) < 4.78 is 0. The third-order valence-corrected chi connectivity index (χ3v) is 7.91. The fraction of sp³-hybridized carbons (Fsp3) is 0.696. The van der Waals surface area contributed by atoms with Gasteiger partial charge in [-0.05, 0) is 94.5 Å². The highest BCUT2D eigenvalue weighted by Gasteiger charge is 2.51. The Morgan fingerprint density at radius 2 is 2.00 bits per heavy atom. The van der Waals surface area contributed by atoms with E-state index in [2.05, 4.69) is 37.8 Å². The summed E-state index contributed by atoms with van der Waals surface area (Å²) in [5, 5.41) is 0. The van der Waals surface area contributed by atoms with Crippen molar-refractivity contribution in [1.29, 1.82) is 0 Å². The van der Waals surface area contributed by atoms with E-state index >= 15 is 0 Å². The maximum Gasteiger partial charge on any atom is 0.248 e. The highest BCUT2D eigenvalue weighted by atomic mass is 16.1. The molecule has 0 radical (unpaired) electrons. The maximum atomic E-state index is 11.8. The van der Waals surface area contributed by atoms with Crippen LogP contribution in [0.4, 0.5) is 0 Å². The topological polar surface area (TPSA) is 46.3 Å². The van der Waals surface area contributed by atoms with Gasteiger partial charge < -0.3 is 5.73 Å². The van der Waals surface area contributed by atoms with Gasteiger partial charge in [-0.25, -0.2) is 0 Å². The molecule has 0 aromatic heterocycles. The Bertz CT molecular complexity index is 695. The number of likely N-dealkylation sites (tertiary alicyclic amines) is 1. The van der Waals surface area contributed by atoms with Crippen molar-refractivity contribution >= 4 is 5.91 Å². The Labute approximate surface area is 158 Å². The van der Waals surface area contributed by atoms with Crippen LogP contribution in [0.1, 0.15) is 80.3 Å². The number of nitrogens with zero attached hydrogens (tertiary/aromatic N) is 1. The Hall–Kier alpha value is -1.35. The van der Waals surface area contributed by atoms with Gasteiger partial charge in [0.2, 0.25) is 5.91 Å². The lowest BCUT2D eigenvalue weighted by Gasteiger charge is -2.56. The Morgan fingerprint density at radius 1 is 1.23 bits per heavy atom. The van der Waals surface area contributed by atoms with Gasteiger partial charge in [-0.3, -0.25) is 9.69 Å². The van der Waals surface area contributed by atoms with Crippen molar-refractivity contribution in [2.24, 2.45) is 17.6 Å². The fourth-order valence-electron chi connectivity index (χ4n) is 6.25. The Morgan fingerprint density at radius 3 is 2.69 bits per heavy atom. The van der Waals surface area contributed by atoms with Crippen molar-refractivity contribution in [1.82, 2.24) is 4.90 Å².